The van der Waals surface area contributed by atoms with Gasteiger partial charge in [-0.05, 0) is 6.92 Å². The van der Waals surface area contributed by atoms with Crippen molar-refractivity contribution in [3.63, 3.8) is 0 Å². The lowest BCUT2D eigenvalue weighted by atomic mass is 10.1. The first-order valence-electron chi connectivity index (χ1n) is 9.37. The van der Waals surface area contributed by atoms with Crippen LogP contribution in [0.2, 0.25) is 0 Å². The molecule has 2 aromatic heterocycles. The fraction of sp³-hybridized carbons (Fsp3) is 0.556. The van der Waals surface area contributed by atoms with Crippen LogP contribution in [0.1, 0.15) is 26.1 Å². The van der Waals surface area contributed by atoms with Crippen LogP contribution in [0.3, 0.4) is 0 Å². The van der Waals surface area contributed by atoms with Gasteiger partial charge in [0.05, 0.1) is 36.1 Å². The number of carbonyl (C=O) groups is 1. The summed E-state index contributed by atoms with van der Waals surface area (Å²) in [4.78, 5) is 28.5. The summed E-state index contributed by atoms with van der Waals surface area (Å²) >= 11 is 1.72. The maximum atomic E-state index is 12.3. The number of aromatic nitrogens is 3. The van der Waals surface area contributed by atoms with Crippen molar-refractivity contribution in [2.24, 2.45) is 0 Å². The number of aryl methyl sites for hydroxylation is 1. The first-order chi connectivity index (χ1) is 13.6. The van der Waals surface area contributed by atoms with E-state index < -0.39 is 6.10 Å². The standard InChI is InChI=1S/C18H24N6O3S/c1-11-22-14-2-3-24(7-16(14)28-11)6-13(25)5-19-18(26)15-4-17(21-10-20-15)23-12-8-27-9-12/h4,10,12-13,25H,2-3,5-9H2,1H3,(H,19,26)(H,20,21,23)/t13-/m0/s1. The van der Waals surface area contributed by atoms with Crippen LogP contribution >= 0.6 is 11.3 Å². The molecule has 1 atom stereocenters. The van der Waals surface area contributed by atoms with E-state index in [9.17, 15) is 9.90 Å². The number of nitrogens with one attached hydrogen (secondary N) is 2. The van der Waals surface area contributed by atoms with E-state index in [0.29, 0.717) is 25.6 Å². The van der Waals surface area contributed by atoms with Gasteiger partial charge in [-0.2, -0.15) is 0 Å². The molecule has 4 heterocycles. The number of hydrogen-bond donors (Lipinski definition) is 3. The second kappa shape index (κ2) is 8.48. The number of aliphatic hydroxyl groups excluding tert-OH is 1. The van der Waals surface area contributed by atoms with Crippen LogP contribution in [0, 0.1) is 6.92 Å². The molecule has 0 spiro atoms. The molecular formula is C18H24N6O3S. The minimum atomic E-state index is -0.647. The number of β-amino-alcohol motifs (C(OH)–C–C–N with tert-alkyl or cyclic N) is 1. The highest BCUT2D eigenvalue weighted by molar-refractivity contribution is 7.11. The second-order valence-corrected chi connectivity index (χ2v) is 8.41. The number of nitrogens with zero attached hydrogens (tertiary/aromatic N) is 4. The number of carbonyl (C=O) groups excluding carboxylic acids is 1. The number of rotatable bonds is 7. The molecule has 28 heavy (non-hydrogen) atoms. The van der Waals surface area contributed by atoms with Gasteiger partial charge in [-0.1, -0.05) is 0 Å². The van der Waals surface area contributed by atoms with Gasteiger partial charge in [0.2, 0.25) is 0 Å². The largest absolute Gasteiger partial charge is 0.390 e. The van der Waals surface area contributed by atoms with Crippen molar-refractivity contribution in [2.45, 2.75) is 32.0 Å². The van der Waals surface area contributed by atoms with Crippen molar-refractivity contribution >= 4 is 23.1 Å². The Morgan fingerprint density at radius 2 is 2.32 bits per heavy atom. The lowest BCUT2D eigenvalue weighted by Gasteiger charge is -2.28. The summed E-state index contributed by atoms with van der Waals surface area (Å²) in [5.41, 5.74) is 1.45. The Kier molecular flexibility index (Phi) is 5.81. The molecule has 0 aliphatic carbocycles. The number of aliphatic hydroxyl groups is 1. The first kappa shape index (κ1) is 19.2. The molecule has 9 nitrogen and oxygen atoms in total. The summed E-state index contributed by atoms with van der Waals surface area (Å²) < 4.78 is 5.11. The highest BCUT2D eigenvalue weighted by Crippen LogP contribution is 2.24. The van der Waals surface area contributed by atoms with Crippen LogP contribution in [0.25, 0.3) is 0 Å². The quantitative estimate of drug-likeness (QED) is 0.600. The number of fused-ring (bicyclic) bond motifs is 1. The molecule has 0 bridgehead atoms. The molecule has 2 aliphatic heterocycles. The molecule has 0 aromatic carbocycles. The van der Waals surface area contributed by atoms with Crippen molar-refractivity contribution in [1.29, 1.82) is 0 Å². The molecule has 150 valence electrons. The predicted octanol–water partition coefficient (Wildman–Crippen LogP) is 0.201. The van der Waals surface area contributed by atoms with E-state index in [-0.39, 0.29) is 24.2 Å². The average Bonchev–Trinajstić information content (AvgIpc) is 3.02. The normalized spacial score (nSPS) is 18.2. The van der Waals surface area contributed by atoms with E-state index in [1.54, 1.807) is 17.4 Å². The van der Waals surface area contributed by atoms with Crippen LogP contribution < -0.4 is 10.6 Å². The Bertz CT molecular complexity index is 840. The van der Waals surface area contributed by atoms with E-state index >= 15 is 0 Å². The van der Waals surface area contributed by atoms with E-state index in [0.717, 1.165) is 24.5 Å². The molecule has 2 aliphatic rings. The fourth-order valence-electron chi connectivity index (χ4n) is 3.29. The molecule has 1 saturated heterocycles. The first-order valence-corrected chi connectivity index (χ1v) is 10.2. The zero-order chi connectivity index (χ0) is 19.5. The van der Waals surface area contributed by atoms with Crippen LogP contribution in [0.15, 0.2) is 12.4 Å². The van der Waals surface area contributed by atoms with Crippen molar-refractivity contribution < 1.29 is 14.6 Å². The average molecular weight is 404 g/mol. The zero-order valence-electron chi connectivity index (χ0n) is 15.7. The minimum Gasteiger partial charge on any atom is -0.390 e. The van der Waals surface area contributed by atoms with Gasteiger partial charge in [0.15, 0.2) is 0 Å². The monoisotopic (exact) mass is 404 g/mol. The Labute approximate surface area is 167 Å². The smallest absolute Gasteiger partial charge is 0.270 e. The summed E-state index contributed by atoms with van der Waals surface area (Å²) in [5.74, 6) is 0.270. The van der Waals surface area contributed by atoms with Crippen LogP contribution in [0.5, 0.6) is 0 Å². The Morgan fingerprint density at radius 1 is 1.46 bits per heavy atom. The number of amides is 1. The van der Waals surface area contributed by atoms with Gasteiger partial charge in [0.1, 0.15) is 17.8 Å². The van der Waals surface area contributed by atoms with Crippen molar-refractivity contribution in [2.75, 3.05) is 38.2 Å². The second-order valence-electron chi connectivity index (χ2n) is 7.12. The molecule has 1 amide bonds. The molecule has 3 N–H and O–H groups in total. The molecule has 0 radical (unpaired) electrons. The van der Waals surface area contributed by atoms with Crippen LogP contribution in [-0.2, 0) is 17.7 Å². The third-order valence-corrected chi connectivity index (χ3v) is 5.77. The molecule has 0 saturated carbocycles. The summed E-state index contributed by atoms with van der Waals surface area (Å²) in [5, 5.41) is 17.4. The maximum absolute atomic E-state index is 12.3. The van der Waals surface area contributed by atoms with E-state index in [1.165, 1.54) is 16.9 Å². The van der Waals surface area contributed by atoms with Gasteiger partial charge < -0.3 is 20.5 Å². The molecule has 2 aromatic rings. The van der Waals surface area contributed by atoms with Crippen LogP contribution in [-0.4, -0.2) is 75.9 Å². The number of ether oxygens (including phenoxy) is 1. The van der Waals surface area contributed by atoms with Gasteiger partial charge in [-0.25, -0.2) is 15.0 Å². The maximum Gasteiger partial charge on any atom is 0.270 e. The minimum absolute atomic E-state index is 0.174. The number of anilines is 1. The topological polar surface area (TPSA) is 113 Å². The van der Waals surface area contributed by atoms with E-state index in [2.05, 4.69) is 30.5 Å². The van der Waals surface area contributed by atoms with Crippen molar-refractivity contribution in [1.82, 2.24) is 25.2 Å². The molecule has 4 rings (SSSR count). The molecular weight excluding hydrogens is 380 g/mol. The zero-order valence-corrected chi connectivity index (χ0v) is 16.5. The SMILES string of the molecule is Cc1nc2c(s1)CN(C[C@@H](O)CNC(=O)c1cc(NC3COC3)ncn1)CC2. The third-order valence-electron chi connectivity index (χ3n) is 4.77. The summed E-state index contributed by atoms with van der Waals surface area (Å²) in [6.07, 6.45) is 1.61. The van der Waals surface area contributed by atoms with Crippen molar-refractivity contribution in [3.8, 4) is 0 Å². The Morgan fingerprint density at radius 3 is 3.11 bits per heavy atom. The summed E-state index contributed by atoms with van der Waals surface area (Å²) in [7, 11) is 0. The van der Waals surface area contributed by atoms with Crippen LogP contribution in [0.4, 0.5) is 5.82 Å². The van der Waals surface area contributed by atoms with E-state index in [1.807, 2.05) is 6.92 Å². The van der Waals surface area contributed by atoms with Gasteiger partial charge in [-0.3, -0.25) is 9.69 Å². The summed E-state index contributed by atoms with van der Waals surface area (Å²) in [6, 6.07) is 1.83. The fourth-order valence-corrected chi connectivity index (χ4v) is 4.31. The Balaban J connectivity index is 1.25. The van der Waals surface area contributed by atoms with Gasteiger partial charge in [0.25, 0.3) is 5.91 Å². The third kappa shape index (κ3) is 4.64. The highest BCUT2D eigenvalue weighted by atomic mass is 32.1. The number of hydrogen-bond acceptors (Lipinski definition) is 9. The van der Waals surface area contributed by atoms with E-state index in [4.69, 9.17) is 4.74 Å². The van der Waals surface area contributed by atoms with Gasteiger partial charge >= 0.3 is 0 Å². The molecule has 0 unspecified atom stereocenters. The molecule has 1 fully saturated rings. The summed E-state index contributed by atoms with van der Waals surface area (Å²) in [6.45, 7) is 5.64. The lowest BCUT2D eigenvalue weighted by Crippen LogP contribution is -2.42. The number of thiazole rings is 1. The Hall–Kier alpha value is -2.14. The molecule has 10 heteroatoms. The predicted molar refractivity (Wildman–Crippen MR) is 104 cm³/mol. The van der Waals surface area contributed by atoms with Gasteiger partial charge in [-0.15, -0.1) is 11.3 Å². The lowest BCUT2D eigenvalue weighted by molar-refractivity contribution is 0.0209. The highest BCUT2D eigenvalue weighted by Gasteiger charge is 2.22. The van der Waals surface area contributed by atoms with Gasteiger partial charge in [0, 0.05) is 43.5 Å². The van der Waals surface area contributed by atoms with Crippen molar-refractivity contribution in [3.05, 3.63) is 33.7 Å².